The SMILES string of the molecule is Nc1ccc(CC(=O)NCc2nccs2)cc1. The van der Waals surface area contributed by atoms with Crippen LogP contribution in [0.5, 0.6) is 0 Å². The maximum Gasteiger partial charge on any atom is 0.224 e. The van der Waals surface area contributed by atoms with Crippen LogP contribution in [0, 0.1) is 0 Å². The van der Waals surface area contributed by atoms with Crippen molar-refractivity contribution in [3.8, 4) is 0 Å². The summed E-state index contributed by atoms with van der Waals surface area (Å²) in [7, 11) is 0. The summed E-state index contributed by atoms with van der Waals surface area (Å²) in [5, 5.41) is 5.63. The van der Waals surface area contributed by atoms with Gasteiger partial charge in [0.25, 0.3) is 0 Å². The number of hydrogen-bond donors (Lipinski definition) is 2. The Morgan fingerprint density at radius 1 is 1.35 bits per heavy atom. The number of nitrogens with one attached hydrogen (secondary N) is 1. The number of nitrogen functional groups attached to an aromatic ring is 1. The molecule has 0 fully saturated rings. The van der Waals surface area contributed by atoms with E-state index in [2.05, 4.69) is 10.3 Å². The Kier molecular flexibility index (Phi) is 3.72. The van der Waals surface area contributed by atoms with Crippen LogP contribution in [0.3, 0.4) is 0 Å². The Bertz CT molecular complexity index is 479. The van der Waals surface area contributed by atoms with E-state index in [1.807, 2.05) is 17.5 Å². The van der Waals surface area contributed by atoms with Crippen LogP contribution in [0.15, 0.2) is 35.8 Å². The fraction of sp³-hybridized carbons (Fsp3) is 0.167. The Labute approximate surface area is 103 Å². The van der Waals surface area contributed by atoms with Gasteiger partial charge in [-0.05, 0) is 17.7 Å². The fourth-order valence-corrected chi connectivity index (χ4v) is 1.95. The van der Waals surface area contributed by atoms with E-state index in [-0.39, 0.29) is 5.91 Å². The van der Waals surface area contributed by atoms with Crippen LogP contribution in [-0.4, -0.2) is 10.9 Å². The Morgan fingerprint density at radius 2 is 2.12 bits per heavy atom. The number of amides is 1. The van der Waals surface area contributed by atoms with E-state index in [1.54, 1.807) is 18.3 Å². The van der Waals surface area contributed by atoms with E-state index < -0.39 is 0 Å². The number of rotatable bonds is 4. The molecule has 4 nitrogen and oxygen atoms in total. The lowest BCUT2D eigenvalue weighted by Crippen LogP contribution is -2.24. The van der Waals surface area contributed by atoms with Crippen molar-refractivity contribution in [1.29, 1.82) is 0 Å². The number of nitrogens with two attached hydrogens (primary N) is 1. The molecule has 88 valence electrons. The van der Waals surface area contributed by atoms with E-state index >= 15 is 0 Å². The van der Waals surface area contributed by atoms with Crippen LogP contribution in [0.4, 0.5) is 5.69 Å². The molecule has 0 atom stereocenters. The summed E-state index contributed by atoms with van der Waals surface area (Å²) in [6.07, 6.45) is 2.10. The van der Waals surface area contributed by atoms with Crippen molar-refractivity contribution < 1.29 is 4.79 Å². The van der Waals surface area contributed by atoms with Gasteiger partial charge in [0.2, 0.25) is 5.91 Å². The summed E-state index contributed by atoms with van der Waals surface area (Å²) < 4.78 is 0. The van der Waals surface area contributed by atoms with Gasteiger partial charge in [0, 0.05) is 17.3 Å². The molecule has 1 aromatic heterocycles. The molecule has 0 saturated carbocycles. The maximum absolute atomic E-state index is 11.6. The van der Waals surface area contributed by atoms with Crippen molar-refractivity contribution in [2.24, 2.45) is 0 Å². The molecule has 3 N–H and O–H groups in total. The highest BCUT2D eigenvalue weighted by atomic mass is 32.1. The molecule has 0 unspecified atom stereocenters. The Morgan fingerprint density at radius 3 is 2.76 bits per heavy atom. The van der Waals surface area contributed by atoms with E-state index in [0.717, 1.165) is 10.6 Å². The van der Waals surface area contributed by atoms with Crippen molar-refractivity contribution in [2.45, 2.75) is 13.0 Å². The molecule has 0 aliphatic rings. The van der Waals surface area contributed by atoms with Gasteiger partial charge in [-0.1, -0.05) is 12.1 Å². The molecule has 0 saturated heterocycles. The number of hydrogen-bond acceptors (Lipinski definition) is 4. The Balaban J connectivity index is 1.83. The van der Waals surface area contributed by atoms with Gasteiger partial charge in [0.05, 0.1) is 13.0 Å². The highest BCUT2D eigenvalue weighted by Gasteiger charge is 2.03. The van der Waals surface area contributed by atoms with Crippen LogP contribution in [0.25, 0.3) is 0 Å². The molecule has 1 aromatic carbocycles. The predicted octanol–water partition coefficient (Wildman–Crippen LogP) is 1.58. The topological polar surface area (TPSA) is 68.0 Å². The van der Waals surface area contributed by atoms with Crippen molar-refractivity contribution >= 4 is 22.9 Å². The van der Waals surface area contributed by atoms with Crippen molar-refractivity contribution in [3.63, 3.8) is 0 Å². The zero-order chi connectivity index (χ0) is 12.1. The third-order valence-electron chi connectivity index (χ3n) is 2.26. The third kappa shape index (κ3) is 3.57. The number of nitrogens with zero attached hydrogens (tertiary/aromatic N) is 1. The van der Waals surface area contributed by atoms with Crippen LogP contribution < -0.4 is 11.1 Å². The van der Waals surface area contributed by atoms with E-state index in [4.69, 9.17) is 5.73 Å². The first kappa shape index (κ1) is 11.6. The number of anilines is 1. The molecular formula is C12H13N3OS. The minimum absolute atomic E-state index is 0.00929. The maximum atomic E-state index is 11.6. The Hall–Kier alpha value is -1.88. The second-order valence-electron chi connectivity index (χ2n) is 3.62. The summed E-state index contributed by atoms with van der Waals surface area (Å²) in [4.78, 5) is 15.7. The summed E-state index contributed by atoms with van der Waals surface area (Å²) >= 11 is 1.53. The normalized spacial score (nSPS) is 10.1. The van der Waals surface area contributed by atoms with Gasteiger partial charge in [0.15, 0.2) is 0 Å². The second-order valence-corrected chi connectivity index (χ2v) is 4.60. The summed E-state index contributed by atoms with van der Waals surface area (Å²) in [5.74, 6) is -0.00929. The third-order valence-corrected chi connectivity index (χ3v) is 3.04. The smallest absolute Gasteiger partial charge is 0.224 e. The van der Waals surface area contributed by atoms with Gasteiger partial charge in [0.1, 0.15) is 5.01 Å². The molecule has 0 bridgehead atoms. The number of benzene rings is 1. The van der Waals surface area contributed by atoms with Gasteiger partial charge >= 0.3 is 0 Å². The average molecular weight is 247 g/mol. The van der Waals surface area contributed by atoms with E-state index in [9.17, 15) is 4.79 Å². The molecule has 0 aliphatic heterocycles. The zero-order valence-corrected chi connectivity index (χ0v) is 10.0. The lowest BCUT2D eigenvalue weighted by atomic mass is 10.1. The number of thiazole rings is 1. The molecule has 1 heterocycles. The van der Waals surface area contributed by atoms with Crippen molar-refractivity contribution in [3.05, 3.63) is 46.4 Å². The molecule has 0 radical (unpaired) electrons. The van der Waals surface area contributed by atoms with Crippen LogP contribution in [0.2, 0.25) is 0 Å². The summed E-state index contributed by atoms with van der Waals surface area (Å²) in [6.45, 7) is 0.492. The number of carbonyl (C=O) groups is 1. The van der Waals surface area contributed by atoms with Crippen LogP contribution in [0.1, 0.15) is 10.6 Å². The van der Waals surface area contributed by atoms with E-state index in [1.165, 1.54) is 11.3 Å². The molecule has 1 amide bonds. The molecule has 0 aliphatic carbocycles. The highest BCUT2D eigenvalue weighted by molar-refractivity contribution is 7.09. The molecule has 0 spiro atoms. The lowest BCUT2D eigenvalue weighted by Gasteiger charge is -2.03. The van der Waals surface area contributed by atoms with Crippen molar-refractivity contribution in [2.75, 3.05) is 5.73 Å². The number of carbonyl (C=O) groups excluding carboxylic acids is 1. The quantitative estimate of drug-likeness (QED) is 0.806. The van der Waals surface area contributed by atoms with Gasteiger partial charge in [-0.2, -0.15) is 0 Å². The largest absolute Gasteiger partial charge is 0.399 e. The first-order valence-electron chi connectivity index (χ1n) is 5.23. The van der Waals surface area contributed by atoms with Gasteiger partial charge in [-0.15, -0.1) is 11.3 Å². The standard InChI is InChI=1S/C12H13N3OS/c13-10-3-1-9(2-4-10)7-11(16)15-8-12-14-5-6-17-12/h1-6H,7-8,13H2,(H,15,16). The van der Waals surface area contributed by atoms with Gasteiger partial charge in [-0.3, -0.25) is 4.79 Å². The lowest BCUT2D eigenvalue weighted by molar-refractivity contribution is -0.120. The van der Waals surface area contributed by atoms with Gasteiger partial charge in [-0.25, -0.2) is 4.98 Å². The van der Waals surface area contributed by atoms with E-state index in [0.29, 0.717) is 18.7 Å². The van der Waals surface area contributed by atoms with Crippen LogP contribution >= 0.6 is 11.3 Å². The van der Waals surface area contributed by atoms with Gasteiger partial charge < -0.3 is 11.1 Å². The highest BCUT2D eigenvalue weighted by Crippen LogP contribution is 2.06. The summed E-state index contributed by atoms with van der Waals surface area (Å²) in [5.41, 5.74) is 7.23. The summed E-state index contributed by atoms with van der Waals surface area (Å²) in [6, 6.07) is 7.31. The fourth-order valence-electron chi connectivity index (χ4n) is 1.40. The first-order chi connectivity index (χ1) is 8.24. The van der Waals surface area contributed by atoms with Crippen LogP contribution in [-0.2, 0) is 17.8 Å². The average Bonchev–Trinajstić information content (AvgIpc) is 2.83. The molecule has 2 rings (SSSR count). The zero-order valence-electron chi connectivity index (χ0n) is 9.22. The minimum Gasteiger partial charge on any atom is -0.399 e. The molecule has 5 heteroatoms. The van der Waals surface area contributed by atoms with Crippen molar-refractivity contribution in [1.82, 2.24) is 10.3 Å². The molecule has 2 aromatic rings. The second kappa shape index (κ2) is 5.45. The number of aromatic nitrogens is 1. The molecule has 17 heavy (non-hydrogen) atoms. The minimum atomic E-state index is -0.00929. The molecular weight excluding hydrogens is 234 g/mol. The predicted molar refractivity (Wildman–Crippen MR) is 68.5 cm³/mol. The monoisotopic (exact) mass is 247 g/mol. The first-order valence-corrected chi connectivity index (χ1v) is 6.11.